The number of carbonyl (C=O) groups excluding carboxylic acids is 1. The second kappa shape index (κ2) is 7.50. The average molecular weight is 409 g/mol. The first-order chi connectivity index (χ1) is 14.7. The first kappa shape index (κ1) is 18.2. The molecule has 144 valence electrons. The Kier molecular flexibility index (Phi) is 4.54. The normalized spacial score (nSPS) is 11.0. The van der Waals surface area contributed by atoms with E-state index in [1.54, 1.807) is 24.3 Å². The second-order valence-corrected chi connectivity index (χ2v) is 7.61. The van der Waals surface area contributed by atoms with Gasteiger partial charge in [0, 0.05) is 5.39 Å². The molecule has 0 saturated heterocycles. The minimum atomic E-state index is -0.199. The number of rotatable bonds is 4. The number of amides is 1. The summed E-state index contributed by atoms with van der Waals surface area (Å²) in [4.78, 5) is 22.1. The van der Waals surface area contributed by atoms with Gasteiger partial charge >= 0.3 is 0 Å². The van der Waals surface area contributed by atoms with Crippen molar-refractivity contribution >= 4 is 50.9 Å². The maximum absolute atomic E-state index is 12.6. The number of para-hydroxylation sites is 4. The molecule has 0 radical (unpaired) electrons. The minimum absolute atomic E-state index is 0.159. The average Bonchev–Trinajstić information content (AvgIpc) is 3.18. The van der Waals surface area contributed by atoms with E-state index in [1.165, 1.54) is 11.8 Å². The van der Waals surface area contributed by atoms with Crippen LogP contribution in [0.25, 0.3) is 27.6 Å². The van der Waals surface area contributed by atoms with Crippen LogP contribution in [0.1, 0.15) is 5.56 Å². The first-order valence-electron chi connectivity index (χ1n) is 9.32. The number of nitrogens with zero attached hydrogens (tertiary/aromatic N) is 4. The van der Waals surface area contributed by atoms with E-state index in [4.69, 9.17) is 9.97 Å². The molecule has 5 aromatic rings. The Bertz CT molecular complexity index is 1470. The molecule has 7 heteroatoms. The second-order valence-electron chi connectivity index (χ2n) is 6.67. The number of nitriles is 1. The van der Waals surface area contributed by atoms with Crippen molar-refractivity contribution in [3.63, 3.8) is 0 Å². The summed E-state index contributed by atoms with van der Waals surface area (Å²) in [6, 6.07) is 24.8. The molecule has 2 heterocycles. The van der Waals surface area contributed by atoms with Crippen LogP contribution in [-0.4, -0.2) is 26.0 Å². The Morgan fingerprint density at radius 3 is 2.57 bits per heavy atom. The van der Waals surface area contributed by atoms with Crippen molar-refractivity contribution in [2.45, 2.75) is 5.16 Å². The Hall–Kier alpha value is -3.89. The first-order valence-corrected chi connectivity index (χ1v) is 10.3. The summed E-state index contributed by atoms with van der Waals surface area (Å²) in [6.45, 7) is 0. The third kappa shape index (κ3) is 3.13. The summed E-state index contributed by atoms with van der Waals surface area (Å²) in [5.41, 5.74) is 4.42. The molecular formula is C23H15N5OS. The summed E-state index contributed by atoms with van der Waals surface area (Å²) >= 11 is 1.34. The summed E-state index contributed by atoms with van der Waals surface area (Å²) < 4.78 is 2.00. The van der Waals surface area contributed by atoms with Gasteiger partial charge in [-0.05, 0) is 36.4 Å². The lowest BCUT2D eigenvalue weighted by molar-refractivity contribution is -0.113. The lowest BCUT2D eigenvalue weighted by Gasteiger charge is -2.09. The van der Waals surface area contributed by atoms with Crippen molar-refractivity contribution in [1.29, 1.82) is 5.26 Å². The van der Waals surface area contributed by atoms with Crippen LogP contribution in [0.5, 0.6) is 0 Å². The fraction of sp³-hybridized carbons (Fsp3) is 0.0435. The molecule has 1 N–H and O–H groups in total. The van der Waals surface area contributed by atoms with Gasteiger partial charge in [-0.2, -0.15) is 5.26 Å². The van der Waals surface area contributed by atoms with Crippen molar-refractivity contribution in [2.75, 3.05) is 11.1 Å². The van der Waals surface area contributed by atoms with Crippen molar-refractivity contribution in [3.8, 4) is 6.07 Å². The number of thioether (sulfide) groups is 1. The van der Waals surface area contributed by atoms with E-state index in [2.05, 4.69) is 11.4 Å². The van der Waals surface area contributed by atoms with E-state index in [0.29, 0.717) is 16.4 Å². The number of carbonyl (C=O) groups is 1. The van der Waals surface area contributed by atoms with Crippen LogP contribution in [0, 0.1) is 11.3 Å². The number of hydrogen-bond acceptors (Lipinski definition) is 5. The number of aromatic nitrogens is 3. The predicted molar refractivity (Wildman–Crippen MR) is 119 cm³/mol. The maximum Gasteiger partial charge on any atom is 0.234 e. The van der Waals surface area contributed by atoms with E-state index in [1.807, 2.05) is 52.9 Å². The smallest absolute Gasteiger partial charge is 0.234 e. The third-order valence-corrected chi connectivity index (χ3v) is 5.71. The van der Waals surface area contributed by atoms with E-state index in [-0.39, 0.29) is 11.7 Å². The topological polar surface area (TPSA) is 83.1 Å². The molecule has 0 aliphatic carbocycles. The van der Waals surface area contributed by atoms with Gasteiger partial charge in [-0.3, -0.25) is 9.20 Å². The number of nitrogens with one attached hydrogen (secondary N) is 1. The molecule has 1 amide bonds. The predicted octanol–water partition coefficient (Wildman–Crippen LogP) is 4.64. The summed E-state index contributed by atoms with van der Waals surface area (Å²) in [5, 5.41) is 13.7. The minimum Gasteiger partial charge on any atom is -0.324 e. The van der Waals surface area contributed by atoms with Gasteiger partial charge < -0.3 is 5.32 Å². The van der Waals surface area contributed by atoms with Gasteiger partial charge in [0.05, 0.1) is 33.6 Å². The quantitative estimate of drug-likeness (QED) is 0.345. The highest BCUT2D eigenvalue weighted by Gasteiger charge is 2.15. The third-order valence-electron chi connectivity index (χ3n) is 4.77. The molecule has 0 bridgehead atoms. The highest BCUT2D eigenvalue weighted by molar-refractivity contribution is 7.99. The molecule has 5 rings (SSSR count). The van der Waals surface area contributed by atoms with Crippen molar-refractivity contribution < 1.29 is 4.79 Å². The maximum atomic E-state index is 12.6. The van der Waals surface area contributed by atoms with Gasteiger partial charge in [-0.15, -0.1) is 0 Å². The van der Waals surface area contributed by atoms with Gasteiger partial charge in [-0.25, -0.2) is 9.97 Å². The molecule has 6 nitrogen and oxygen atoms in total. The molecule has 0 aliphatic rings. The molecular weight excluding hydrogens is 394 g/mol. The van der Waals surface area contributed by atoms with Gasteiger partial charge in [-0.1, -0.05) is 48.2 Å². The molecule has 0 atom stereocenters. The van der Waals surface area contributed by atoms with Crippen LogP contribution in [0.15, 0.2) is 78.0 Å². The van der Waals surface area contributed by atoms with Gasteiger partial charge in [0.1, 0.15) is 11.7 Å². The van der Waals surface area contributed by atoms with E-state index in [9.17, 15) is 10.1 Å². The molecule has 0 spiro atoms. The zero-order valence-corrected chi connectivity index (χ0v) is 16.6. The molecule has 0 fully saturated rings. The molecule has 2 aromatic heterocycles. The highest BCUT2D eigenvalue weighted by atomic mass is 32.2. The number of hydrogen-bond donors (Lipinski definition) is 1. The molecule has 3 aromatic carbocycles. The Morgan fingerprint density at radius 1 is 0.967 bits per heavy atom. The van der Waals surface area contributed by atoms with Crippen molar-refractivity contribution in [3.05, 3.63) is 78.4 Å². The lowest BCUT2D eigenvalue weighted by atomic mass is 10.2. The Morgan fingerprint density at radius 2 is 1.70 bits per heavy atom. The van der Waals surface area contributed by atoms with Gasteiger partial charge in [0.2, 0.25) is 5.91 Å². The number of imidazole rings is 1. The fourth-order valence-corrected chi connectivity index (χ4v) is 4.23. The van der Waals surface area contributed by atoms with Crippen LogP contribution >= 0.6 is 11.8 Å². The highest BCUT2D eigenvalue weighted by Crippen LogP contribution is 2.29. The molecule has 0 unspecified atom stereocenters. The van der Waals surface area contributed by atoms with Crippen LogP contribution in [0.4, 0.5) is 5.69 Å². The zero-order chi connectivity index (χ0) is 20.5. The Labute approximate surface area is 176 Å². The zero-order valence-electron chi connectivity index (χ0n) is 15.7. The largest absolute Gasteiger partial charge is 0.324 e. The van der Waals surface area contributed by atoms with Crippen LogP contribution in [0.2, 0.25) is 0 Å². The van der Waals surface area contributed by atoms with E-state index in [0.717, 1.165) is 27.6 Å². The molecule has 0 aliphatic heterocycles. The lowest BCUT2D eigenvalue weighted by Crippen LogP contribution is -2.15. The van der Waals surface area contributed by atoms with Crippen molar-refractivity contribution in [1.82, 2.24) is 14.4 Å². The SMILES string of the molecule is N#Cc1ccccc1NC(=O)CSc1nc2ccccc2c2nc3ccccc3n12. The monoisotopic (exact) mass is 409 g/mol. The van der Waals surface area contributed by atoms with Crippen LogP contribution < -0.4 is 5.32 Å². The molecule has 0 saturated carbocycles. The summed E-state index contributed by atoms with van der Waals surface area (Å²) in [5.74, 6) is -0.0394. The van der Waals surface area contributed by atoms with E-state index < -0.39 is 0 Å². The Balaban J connectivity index is 1.52. The summed E-state index contributed by atoms with van der Waals surface area (Å²) in [6.07, 6.45) is 0. The molecule has 30 heavy (non-hydrogen) atoms. The van der Waals surface area contributed by atoms with Crippen LogP contribution in [-0.2, 0) is 4.79 Å². The standard InChI is InChI=1S/C23H15N5OS/c24-13-15-7-1-3-9-17(15)25-21(29)14-30-23-27-18-10-4-2-8-16(18)22-26-19-11-5-6-12-20(19)28(22)23/h1-12H,14H2,(H,25,29). The van der Waals surface area contributed by atoms with Crippen molar-refractivity contribution in [2.24, 2.45) is 0 Å². The summed E-state index contributed by atoms with van der Waals surface area (Å²) in [7, 11) is 0. The van der Waals surface area contributed by atoms with E-state index >= 15 is 0 Å². The van der Waals surface area contributed by atoms with Gasteiger partial charge in [0.25, 0.3) is 0 Å². The fourth-order valence-electron chi connectivity index (χ4n) is 3.42. The number of fused-ring (bicyclic) bond motifs is 5. The number of benzene rings is 3. The van der Waals surface area contributed by atoms with Gasteiger partial charge in [0.15, 0.2) is 5.16 Å². The van der Waals surface area contributed by atoms with Crippen LogP contribution in [0.3, 0.4) is 0 Å². The number of anilines is 1.